The lowest BCUT2D eigenvalue weighted by atomic mass is 10.2. The maximum Gasteiger partial charge on any atom is 0.266 e. The molecule has 0 radical (unpaired) electrons. The van der Waals surface area contributed by atoms with Gasteiger partial charge in [0.25, 0.3) is 5.69 Å². The zero-order valence-electron chi connectivity index (χ0n) is 14.3. The van der Waals surface area contributed by atoms with Gasteiger partial charge >= 0.3 is 0 Å². The summed E-state index contributed by atoms with van der Waals surface area (Å²) < 4.78 is 4.92. The molecule has 0 spiro atoms. The SMILES string of the molecule is COc1cc(/C=N\Nc2ncnc3sc4c(c23)CCC4)cc([N+](=O)[O-])c1[O-]. The van der Waals surface area contributed by atoms with Gasteiger partial charge in [0.1, 0.15) is 16.9 Å². The van der Waals surface area contributed by atoms with Crippen LogP contribution in [0, 0.1) is 10.1 Å². The molecule has 0 amide bonds. The molecule has 0 fully saturated rings. The zero-order chi connectivity index (χ0) is 19.0. The molecule has 0 saturated carbocycles. The van der Waals surface area contributed by atoms with E-state index in [0.717, 1.165) is 35.5 Å². The fourth-order valence-electron chi connectivity index (χ4n) is 3.15. The first-order valence-electron chi connectivity index (χ1n) is 8.16. The van der Waals surface area contributed by atoms with Crippen LogP contribution in [0.4, 0.5) is 11.5 Å². The van der Waals surface area contributed by atoms with Gasteiger partial charge in [-0.25, -0.2) is 9.97 Å². The van der Waals surface area contributed by atoms with E-state index in [4.69, 9.17) is 4.74 Å². The second-order valence-corrected chi connectivity index (χ2v) is 7.04. The molecule has 0 atom stereocenters. The van der Waals surface area contributed by atoms with Crippen LogP contribution in [0.15, 0.2) is 23.6 Å². The van der Waals surface area contributed by atoms with E-state index in [1.54, 1.807) is 11.3 Å². The summed E-state index contributed by atoms with van der Waals surface area (Å²) in [6, 6.07) is 2.56. The Balaban J connectivity index is 1.65. The molecule has 0 aliphatic heterocycles. The minimum Gasteiger partial charge on any atom is -0.865 e. The van der Waals surface area contributed by atoms with Crippen molar-refractivity contribution in [2.75, 3.05) is 12.5 Å². The number of aromatic nitrogens is 2. The van der Waals surface area contributed by atoms with E-state index in [0.29, 0.717) is 11.4 Å². The number of thiophene rings is 1. The van der Waals surface area contributed by atoms with E-state index in [-0.39, 0.29) is 5.75 Å². The summed E-state index contributed by atoms with van der Waals surface area (Å²) in [4.78, 5) is 21.1. The number of hydrogen-bond donors (Lipinski definition) is 1. The van der Waals surface area contributed by atoms with Crippen LogP contribution in [-0.4, -0.2) is 28.2 Å². The largest absolute Gasteiger partial charge is 0.865 e. The first-order chi connectivity index (χ1) is 13.1. The fraction of sp³-hybridized carbons (Fsp3) is 0.235. The maximum atomic E-state index is 11.9. The van der Waals surface area contributed by atoms with E-state index in [1.165, 1.54) is 36.2 Å². The van der Waals surface area contributed by atoms with E-state index >= 15 is 0 Å². The molecular formula is C17H14N5O4S-. The van der Waals surface area contributed by atoms with Gasteiger partial charge < -0.3 is 9.84 Å². The lowest BCUT2D eigenvalue weighted by Crippen LogP contribution is -2.02. The van der Waals surface area contributed by atoms with Gasteiger partial charge in [-0.3, -0.25) is 15.5 Å². The summed E-state index contributed by atoms with van der Waals surface area (Å²) in [6.07, 6.45) is 6.04. The Morgan fingerprint density at radius 3 is 3.00 bits per heavy atom. The number of rotatable bonds is 5. The number of nitro groups is 1. The Bertz CT molecular complexity index is 1080. The molecule has 27 heavy (non-hydrogen) atoms. The van der Waals surface area contributed by atoms with E-state index < -0.39 is 16.4 Å². The van der Waals surface area contributed by atoms with Gasteiger partial charge in [-0.1, -0.05) is 0 Å². The quantitative estimate of drug-likeness (QED) is 0.407. The molecule has 0 unspecified atom stereocenters. The number of benzene rings is 1. The Morgan fingerprint density at radius 2 is 2.22 bits per heavy atom. The predicted octanol–water partition coefficient (Wildman–Crippen LogP) is 2.62. The van der Waals surface area contributed by atoms with Crippen molar-refractivity contribution in [3.05, 3.63) is 44.6 Å². The second kappa shape index (κ2) is 6.80. The van der Waals surface area contributed by atoms with Gasteiger partial charge in [-0.2, -0.15) is 5.10 Å². The average Bonchev–Trinajstić information content (AvgIpc) is 3.23. The van der Waals surface area contributed by atoms with Gasteiger partial charge in [-0.15, -0.1) is 11.3 Å². The summed E-state index contributed by atoms with van der Waals surface area (Å²) in [6.45, 7) is 0. The van der Waals surface area contributed by atoms with Crippen LogP contribution < -0.4 is 15.3 Å². The van der Waals surface area contributed by atoms with Crippen LogP contribution in [0.3, 0.4) is 0 Å². The third-order valence-electron chi connectivity index (χ3n) is 4.36. The number of hydrazone groups is 1. The topological polar surface area (TPSA) is 126 Å². The predicted molar refractivity (Wildman–Crippen MR) is 99.8 cm³/mol. The van der Waals surface area contributed by atoms with Crippen LogP contribution in [0.25, 0.3) is 10.2 Å². The average molecular weight is 384 g/mol. The van der Waals surface area contributed by atoms with Gasteiger partial charge in [0.15, 0.2) is 5.82 Å². The van der Waals surface area contributed by atoms with Crippen molar-refractivity contribution in [1.82, 2.24) is 9.97 Å². The minimum atomic E-state index is -0.765. The third-order valence-corrected chi connectivity index (χ3v) is 5.56. The van der Waals surface area contributed by atoms with Crippen molar-refractivity contribution in [3.63, 3.8) is 0 Å². The van der Waals surface area contributed by atoms with Crippen molar-refractivity contribution in [1.29, 1.82) is 0 Å². The number of fused-ring (bicyclic) bond motifs is 3. The highest BCUT2D eigenvalue weighted by atomic mass is 32.1. The molecule has 1 N–H and O–H groups in total. The highest BCUT2D eigenvalue weighted by Gasteiger charge is 2.21. The van der Waals surface area contributed by atoms with Crippen molar-refractivity contribution in [2.24, 2.45) is 5.10 Å². The molecule has 2 aromatic heterocycles. The highest BCUT2D eigenvalue weighted by molar-refractivity contribution is 7.19. The summed E-state index contributed by atoms with van der Waals surface area (Å²) in [5.74, 6) is -0.276. The number of aryl methyl sites for hydroxylation is 2. The Morgan fingerprint density at radius 1 is 1.37 bits per heavy atom. The molecule has 2 heterocycles. The van der Waals surface area contributed by atoms with Crippen LogP contribution in [0.1, 0.15) is 22.4 Å². The molecule has 138 valence electrons. The van der Waals surface area contributed by atoms with Crippen LogP contribution in [0.2, 0.25) is 0 Å². The lowest BCUT2D eigenvalue weighted by molar-refractivity contribution is -0.398. The summed E-state index contributed by atoms with van der Waals surface area (Å²) in [5, 5.41) is 28.0. The van der Waals surface area contributed by atoms with Crippen LogP contribution >= 0.6 is 11.3 Å². The first kappa shape index (κ1) is 17.2. The number of nitrogens with one attached hydrogen (secondary N) is 1. The van der Waals surface area contributed by atoms with Crippen LogP contribution in [0.5, 0.6) is 11.5 Å². The molecule has 1 aliphatic carbocycles. The molecule has 1 aromatic carbocycles. The van der Waals surface area contributed by atoms with Crippen LogP contribution in [-0.2, 0) is 12.8 Å². The van der Waals surface area contributed by atoms with E-state index in [9.17, 15) is 15.2 Å². The Hall–Kier alpha value is -3.27. The molecule has 10 heteroatoms. The number of nitrogens with zero attached hydrogens (tertiary/aromatic N) is 4. The molecule has 1 aliphatic rings. The number of ether oxygens (including phenoxy) is 1. The molecule has 0 saturated heterocycles. The second-order valence-electron chi connectivity index (χ2n) is 5.96. The monoisotopic (exact) mass is 384 g/mol. The van der Waals surface area contributed by atoms with Crippen molar-refractivity contribution >= 4 is 39.3 Å². The standard InChI is InChI=1S/C17H15N5O4S/c1-26-12-6-9(5-11(15(12)23)22(24)25)7-20-21-16-14-10-3-2-4-13(10)27-17(14)19-8-18-16/h5-8,23H,2-4H2,1H3,(H,18,19,21)/p-1/b20-7-. The number of hydrogen-bond acceptors (Lipinski definition) is 9. The molecule has 4 rings (SSSR count). The van der Waals surface area contributed by atoms with Gasteiger partial charge in [0, 0.05) is 22.3 Å². The number of methoxy groups -OCH3 is 1. The van der Waals surface area contributed by atoms with Crippen molar-refractivity contribution < 1.29 is 14.8 Å². The number of nitro benzene ring substituents is 1. The lowest BCUT2D eigenvalue weighted by Gasteiger charge is -2.13. The fourth-order valence-corrected chi connectivity index (χ4v) is 4.38. The first-order valence-corrected chi connectivity index (χ1v) is 8.98. The van der Waals surface area contributed by atoms with Crippen molar-refractivity contribution in [3.8, 4) is 11.5 Å². The summed E-state index contributed by atoms with van der Waals surface area (Å²) in [5.41, 5.74) is 3.96. The smallest absolute Gasteiger partial charge is 0.266 e. The van der Waals surface area contributed by atoms with Gasteiger partial charge in [-0.05, 0) is 30.9 Å². The van der Waals surface area contributed by atoms with Crippen molar-refractivity contribution in [2.45, 2.75) is 19.3 Å². The van der Waals surface area contributed by atoms with E-state index in [1.807, 2.05) is 0 Å². The van der Waals surface area contributed by atoms with Gasteiger partial charge in [0.2, 0.25) is 0 Å². The number of anilines is 1. The Labute approximate surface area is 157 Å². The molecule has 9 nitrogen and oxygen atoms in total. The van der Waals surface area contributed by atoms with Gasteiger partial charge in [0.05, 0.1) is 23.6 Å². The highest BCUT2D eigenvalue weighted by Crippen LogP contribution is 2.39. The zero-order valence-corrected chi connectivity index (χ0v) is 15.1. The molecule has 3 aromatic rings. The maximum absolute atomic E-state index is 11.9. The summed E-state index contributed by atoms with van der Waals surface area (Å²) in [7, 11) is 1.29. The molecule has 0 bridgehead atoms. The van der Waals surface area contributed by atoms with E-state index in [2.05, 4.69) is 20.5 Å². The summed E-state index contributed by atoms with van der Waals surface area (Å²) >= 11 is 1.67. The third kappa shape index (κ3) is 3.04. The normalized spacial score (nSPS) is 13.2. The minimum absolute atomic E-state index is 0.106. The molecular weight excluding hydrogens is 370 g/mol. The Kier molecular flexibility index (Phi) is 4.32.